The first-order chi connectivity index (χ1) is 9.22. The van der Waals surface area contributed by atoms with Gasteiger partial charge in [-0.2, -0.15) is 0 Å². The number of benzene rings is 1. The summed E-state index contributed by atoms with van der Waals surface area (Å²) in [5.41, 5.74) is 2.69. The fourth-order valence-corrected chi connectivity index (χ4v) is 2.79. The Bertz CT molecular complexity index is 437. The second-order valence-corrected chi connectivity index (χ2v) is 6.15. The van der Waals surface area contributed by atoms with Crippen LogP contribution in [0.3, 0.4) is 0 Å². The third-order valence-electron chi connectivity index (χ3n) is 4.04. The zero-order chi connectivity index (χ0) is 13.2. The molecule has 1 aliphatic heterocycles. The van der Waals surface area contributed by atoms with E-state index in [4.69, 9.17) is 11.6 Å². The van der Waals surface area contributed by atoms with Crippen LogP contribution in [0.25, 0.3) is 0 Å². The Balaban J connectivity index is 1.74. The fourth-order valence-electron chi connectivity index (χ4n) is 2.59. The summed E-state index contributed by atoms with van der Waals surface area (Å²) in [5, 5.41) is 4.43. The van der Waals surface area contributed by atoms with Crippen LogP contribution in [0.15, 0.2) is 18.2 Å². The molecule has 1 N–H and O–H groups in total. The van der Waals surface area contributed by atoms with Crippen molar-refractivity contribution in [3.8, 4) is 0 Å². The minimum Gasteiger partial charge on any atom is -0.369 e. The van der Waals surface area contributed by atoms with E-state index in [0.29, 0.717) is 0 Å². The van der Waals surface area contributed by atoms with Crippen molar-refractivity contribution in [1.29, 1.82) is 0 Å². The Morgan fingerprint density at radius 3 is 2.63 bits per heavy atom. The van der Waals surface area contributed by atoms with E-state index in [0.717, 1.165) is 43.8 Å². The number of likely N-dealkylation sites (N-methyl/N-ethyl adjacent to an activating group) is 1. The molecular weight excluding hydrogens is 258 g/mol. The lowest BCUT2D eigenvalue weighted by atomic mass is 10.1. The first kappa shape index (κ1) is 13.2. The van der Waals surface area contributed by atoms with Gasteiger partial charge in [-0.25, -0.2) is 0 Å². The van der Waals surface area contributed by atoms with Gasteiger partial charge >= 0.3 is 0 Å². The molecule has 1 aromatic carbocycles. The van der Waals surface area contributed by atoms with Gasteiger partial charge < -0.3 is 15.1 Å². The van der Waals surface area contributed by atoms with Crippen molar-refractivity contribution in [3.05, 3.63) is 28.8 Å². The number of hydrogen-bond acceptors (Lipinski definition) is 3. The Kier molecular flexibility index (Phi) is 3.96. The molecule has 1 aliphatic carbocycles. The molecule has 0 bridgehead atoms. The second kappa shape index (κ2) is 5.70. The van der Waals surface area contributed by atoms with E-state index < -0.39 is 0 Å². The molecule has 0 unspecified atom stereocenters. The number of halogens is 1. The lowest BCUT2D eigenvalue weighted by Crippen LogP contribution is -2.45. The summed E-state index contributed by atoms with van der Waals surface area (Å²) in [7, 11) is 2.19. The fraction of sp³-hybridized carbons (Fsp3) is 0.600. The topological polar surface area (TPSA) is 18.5 Å². The molecule has 3 rings (SSSR count). The zero-order valence-electron chi connectivity index (χ0n) is 11.5. The van der Waals surface area contributed by atoms with Crippen molar-refractivity contribution in [3.63, 3.8) is 0 Å². The zero-order valence-corrected chi connectivity index (χ0v) is 12.3. The summed E-state index contributed by atoms with van der Waals surface area (Å²) < 4.78 is 0. The molecule has 1 saturated heterocycles. The van der Waals surface area contributed by atoms with E-state index in [1.165, 1.54) is 24.1 Å². The highest BCUT2D eigenvalue weighted by Gasteiger charge is 2.22. The van der Waals surface area contributed by atoms with Gasteiger partial charge in [0, 0.05) is 49.5 Å². The van der Waals surface area contributed by atoms with Crippen molar-refractivity contribution < 1.29 is 0 Å². The van der Waals surface area contributed by atoms with E-state index in [2.05, 4.69) is 34.3 Å². The molecule has 1 heterocycles. The van der Waals surface area contributed by atoms with Crippen LogP contribution in [0.5, 0.6) is 0 Å². The maximum absolute atomic E-state index is 6.16. The summed E-state index contributed by atoms with van der Waals surface area (Å²) in [6.45, 7) is 5.42. The molecule has 0 aromatic heterocycles. The standard InChI is InChI=1S/C15H22ClN3/c1-18-6-8-19(9-7-18)15-5-2-13(16)10-12(15)11-17-14-3-4-14/h2,5,10,14,17H,3-4,6-9,11H2,1H3. The van der Waals surface area contributed by atoms with Crippen molar-refractivity contribution in [2.45, 2.75) is 25.4 Å². The Hall–Kier alpha value is -0.770. The van der Waals surface area contributed by atoms with Gasteiger partial charge in [-0.15, -0.1) is 0 Å². The van der Waals surface area contributed by atoms with E-state index in [1.54, 1.807) is 0 Å². The molecule has 2 aliphatic rings. The van der Waals surface area contributed by atoms with Crippen molar-refractivity contribution in [1.82, 2.24) is 10.2 Å². The quantitative estimate of drug-likeness (QED) is 0.913. The number of nitrogens with zero attached hydrogens (tertiary/aromatic N) is 2. The highest BCUT2D eigenvalue weighted by Crippen LogP contribution is 2.27. The van der Waals surface area contributed by atoms with Crippen LogP contribution in [0.2, 0.25) is 5.02 Å². The van der Waals surface area contributed by atoms with Gasteiger partial charge in [0.25, 0.3) is 0 Å². The highest BCUT2D eigenvalue weighted by molar-refractivity contribution is 6.30. The summed E-state index contributed by atoms with van der Waals surface area (Å²) >= 11 is 6.16. The summed E-state index contributed by atoms with van der Waals surface area (Å²) in [6.07, 6.45) is 2.65. The minimum atomic E-state index is 0.735. The maximum atomic E-state index is 6.16. The van der Waals surface area contributed by atoms with Crippen LogP contribution in [0, 0.1) is 0 Å². The molecule has 19 heavy (non-hydrogen) atoms. The summed E-state index contributed by atoms with van der Waals surface area (Å²) in [5.74, 6) is 0. The van der Waals surface area contributed by atoms with Crippen LogP contribution in [-0.4, -0.2) is 44.2 Å². The molecule has 0 amide bonds. The number of piperazine rings is 1. The average Bonchev–Trinajstić information content (AvgIpc) is 3.22. The molecule has 4 heteroatoms. The van der Waals surface area contributed by atoms with Gasteiger partial charge in [0.2, 0.25) is 0 Å². The minimum absolute atomic E-state index is 0.735. The Morgan fingerprint density at radius 2 is 1.95 bits per heavy atom. The van der Waals surface area contributed by atoms with E-state index >= 15 is 0 Å². The van der Waals surface area contributed by atoms with Gasteiger partial charge in [-0.1, -0.05) is 11.6 Å². The predicted molar refractivity (Wildman–Crippen MR) is 81.0 cm³/mol. The SMILES string of the molecule is CN1CCN(c2ccc(Cl)cc2CNC2CC2)CC1. The van der Waals surface area contributed by atoms with E-state index in [-0.39, 0.29) is 0 Å². The third-order valence-corrected chi connectivity index (χ3v) is 4.28. The normalized spacial score (nSPS) is 20.8. The van der Waals surface area contributed by atoms with Gasteiger partial charge in [-0.05, 0) is 43.7 Å². The van der Waals surface area contributed by atoms with Crippen LogP contribution in [0.1, 0.15) is 18.4 Å². The molecule has 2 fully saturated rings. The molecule has 1 saturated carbocycles. The Morgan fingerprint density at radius 1 is 1.21 bits per heavy atom. The summed E-state index contributed by atoms with van der Waals surface area (Å²) in [6, 6.07) is 7.04. The van der Waals surface area contributed by atoms with Gasteiger partial charge in [0.1, 0.15) is 0 Å². The average molecular weight is 280 g/mol. The van der Waals surface area contributed by atoms with Crippen molar-refractivity contribution in [2.75, 3.05) is 38.1 Å². The van der Waals surface area contributed by atoms with E-state index in [1.807, 2.05) is 6.07 Å². The number of nitrogens with one attached hydrogen (secondary N) is 1. The van der Waals surface area contributed by atoms with Crippen LogP contribution >= 0.6 is 11.6 Å². The van der Waals surface area contributed by atoms with Crippen LogP contribution in [0.4, 0.5) is 5.69 Å². The Labute approximate surface area is 120 Å². The maximum Gasteiger partial charge on any atom is 0.0413 e. The van der Waals surface area contributed by atoms with Crippen molar-refractivity contribution in [2.24, 2.45) is 0 Å². The first-order valence-corrected chi connectivity index (χ1v) is 7.55. The number of rotatable bonds is 4. The van der Waals surface area contributed by atoms with Gasteiger partial charge in [-0.3, -0.25) is 0 Å². The van der Waals surface area contributed by atoms with Crippen molar-refractivity contribution >= 4 is 17.3 Å². The number of hydrogen-bond donors (Lipinski definition) is 1. The lowest BCUT2D eigenvalue weighted by molar-refractivity contribution is 0.312. The molecule has 1 aromatic rings. The third kappa shape index (κ3) is 3.41. The van der Waals surface area contributed by atoms with Crippen LogP contribution < -0.4 is 10.2 Å². The molecular formula is C15H22ClN3. The van der Waals surface area contributed by atoms with E-state index in [9.17, 15) is 0 Å². The molecule has 0 radical (unpaired) electrons. The highest BCUT2D eigenvalue weighted by atomic mass is 35.5. The largest absolute Gasteiger partial charge is 0.369 e. The molecule has 0 atom stereocenters. The van der Waals surface area contributed by atoms with Gasteiger partial charge in [0.05, 0.1) is 0 Å². The first-order valence-electron chi connectivity index (χ1n) is 7.18. The number of anilines is 1. The monoisotopic (exact) mass is 279 g/mol. The molecule has 0 spiro atoms. The molecule has 3 nitrogen and oxygen atoms in total. The lowest BCUT2D eigenvalue weighted by Gasteiger charge is -2.35. The second-order valence-electron chi connectivity index (χ2n) is 5.72. The van der Waals surface area contributed by atoms with Crippen LogP contribution in [-0.2, 0) is 6.54 Å². The molecule has 104 valence electrons. The summed E-state index contributed by atoms with van der Waals surface area (Å²) in [4.78, 5) is 4.87. The van der Waals surface area contributed by atoms with Gasteiger partial charge in [0.15, 0.2) is 0 Å². The smallest absolute Gasteiger partial charge is 0.0413 e. The predicted octanol–water partition coefficient (Wildman–Crippen LogP) is 2.34.